The Bertz CT molecular complexity index is 1210. The minimum Gasteiger partial charge on any atom is -0.415 e. The molecule has 0 aliphatic carbocycles. The molecule has 0 atom stereocenters. The number of non-ortho nitro benzene ring substituents is 1. The molecule has 32 heavy (non-hydrogen) atoms. The molecule has 0 aliphatic heterocycles. The molecule has 0 bridgehead atoms. The lowest BCUT2D eigenvalue weighted by Gasteiger charge is -2.13. The van der Waals surface area contributed by atoms with Crippen LogP contribution in [0.25, 0.3) is 0 Å². The summed E-state index contributed by atoms with van der Waals surface area (Å²) in [6.45, 7) is 0. The number of nitro benzene ring substituents is 2. The fourth-order valence-corrected chi connectivity index (χ4v) is 2.70. The van der Waals surface area contributed by atoms with Crippen LogP contribution < -0.4 is 10.1 Å². The van der Waals surface area contributed by atoms with Crippen molar-refractivity contribution in [1.29, 1.82) is 0 Å². The molecule has 0 spiro atoms. The van der Waals surface area contributed by atoms with E-state index in [1.165, 1.54) is 36.4 Å². The number of rotatable bonds is 6. The van der Waals surface area contributed by atoms with Crippen molar-refractivity contribution in [2.45, 2.75) is 6.18 Å². The van der Waals surface area contributed by atoms with Crippen LogP contribution in [-0.4, -0.2) is 15.8 Å². The molecule has 12 heteroatoms. The smallest absolute Gasteiger partial charge is 0.415 e. The molecule has 1 N–H and O–H groups in total. The van der Waals surface area contributed by atoms with Crippen LogP contribution in [0.1, 0.15) is 15.9 Å². The van der Waals surface area contributed by atoms with Crippen molar-refractivity contribution in [3.63, 3.8) is 0 Å². The molecule has 0 aromatic heterocycles. The maximum atomic E-state index is 12.9. The van der Waals surface area contributed by atoms with Crippen molar-refractivity contribution in [3.8, 4) is 5.75 Å². The van der Waals surface area contributed by atoms with Gasteiger partial charge in [0, 0.05) is 11.8 Å². The van der Waals surface area contributed by atoms with E-state index in [-0.39, 0.29) is 16.9 Å². The van der Waals surface area contributed by atoms with Crippen LogP contribution in [0.2, 0.25) is 0 Å². The minimum atomic E-state index is -4.56. The van der Waals surface area contributed by atoms with Crippen molar-refractivity contribution in [3.05, 3.63) is 98.1 Å². The third-order valence-electron chi connectivity index (χ3n) is 4.17. The highest BCUT2D eigenvalue weighted by Gasteiger charge is 2.30. The van der Waals surface area contributed by atoms with Crippen LogP contribution in [0, 0.1) is 20.2 Å². The number of hydrogen-bond acceptors (Lipinski definition) is 7. The third kappa shape index (κ3) is 4.98. The van der Waals surface area contributed by atoms with E-state index in [2.05, 4.69) is 5.32 Å². The zero-order valence-corrected chi connectivity index (χ0v) is 15.8. The molecule has 3 aromatic carbocycles. The van der Waals surface area contributed by atoms with E-state index < -0.39 is 44.7 Å². The maximum absolute atomic E-state index is 12.9. The molecule has 0 heterocycles. The van der Waals surface area contributed by atoms with Gasteiger partial charge in [0.05, 0.1) is 32.7 Å². The molecular formula is C20H12F3N3O6. The number of esters is 1. The first kappa shape index (κ1) is 22.2. The Morgan fingerprint density at radius 1 is 0.906 bits per heavy atom. The Labute approximate surface area is 177 Å². The van der Waals surface area contributed by atoms with Gasteiger partial charge in [-0.1, -0.05) is 18.2 Å². The number of para-hydroxylation sites is 1. The fraction of sp³-hybridized carbons (Fsp3) is 0.0500. The second kappa shape index (κ2) is 8.71. The highest BCUT2D eigenvalue weighted by atomic mass is 19.4. The number of hydrogen-bond donors (Lipinski definition) is 1. The average molecular weight is 447 g/mol. The van der Waals surface area contributed by atoms with Gasteiger partial charge in [0.1, 0.15) is 0 Å². The Hall–Kier alpha value is -4.48. The summed E-state index contributed by atoms with van der Waals surface area (Å²) in [7, 11) is 0. The zero-order chi connectivity index (χ0) is 23.5. The molecule has 164 valence electrons. The number of nitro groups is 2. The molecule has 0 radical (unpaired) electrons. The lowest BCUT2D eigenvalue weighted by atomic mass is 10.1. The number of alkyl halides is 3. The van der Waals surface area contributed by atoms with Gasteiger partial charge < -0.3 is 10.1 Å². The van der Waals surface area contributed by atoms with Crippen LogP contribution in [-0.2, 0) is 6.18 Å². The van der Waals surface area contributed by atoms with E-state index in [4.69, 9.17) is 4.74 Å². The van der Waals surface area contributed by atoms with Crippen molar-refractivity contribution >= 4 is 28.7 Å². The van der Waals surface area contributed by atoms with Gasteiger partial charge in [-0.2, -0.15) is 13.2 Å². The molecule has 0 fully saturated rings. The molecule has 0 unspecified atom stereocenters. The van der Waals surface area contributed by atoms with E-state index in [1.807, 2.05) is 0 Å². The molecule has 3 aromatic rings. The summed E-state index contributed by atoms with van der Waals surface area (Å²) in [4.78, 5) is 32.9. The number of carbonyl (C=O) groups excluding carboxylic acids is 1. The third-order valence-corrected chi connectivity index (χ3v) is 4.17. The molecule has 0 amide bonds. The van der Waals surface area contributed by atoms with Crippen molar-refractivity contribution in [2.75, 3.05) is 5.32 Å². The molecule has 0 saturated carbocycles. The predicted molar refractivity (Wildman–Crippen MR) is 106 cm³/mol. The van der Waals surface area contributed by atoms with Crippen molar-refractivity contribution in [1.82, 2.24) is 0 Å². The monoisotopic (exact) mass is 447 g/mol. The predicted octanol–water partition coefficient (Wildman–Crippen LogP) is 5.48. The SMILES string of the molecule is O=C(Oc1ccc([N+](=O)[O-])cc1[N+](=O)[O-])c1ccccc1Nc1cccc(C(F)(F)F)c1. The fourth-order valence-electron chi connectivity index (χ4n) is 2.70. The number of nitrogens with one attached hydrogen (secondary N) is 1. The summed E-state index contributed by atoms with van der Waals surface area (Å²) in [6, 6.07) is 12.5. The first-order valence-corrected chi connectivity index (χ1v) is 8.74. The quantitative estimate of drug-likeness (QED) is 0.229. The van der Waals surface area contributed by atoms with Gasteiger partial charge in [-0.15, -0.1) is 0 Å². The second-order valence-electron chi connectivity index (χ2n) is 6.30. The Kier molecular flexibility index (Phi) is 6.05. The summed E-state index contributed by atoms with van der Waals surface area (Å²) in [5.41, 5.74) is -2.26. The molecular weight excluding hydrogens is 435 g/mol. The standard InChI is InChI=1S/C20H12F3N3O6/c21-20(22,23)12-4-3-5-13(10-12)24-16-7-2-1-6-15(16)19(27)32-18-9-8-14(25(28)29)11-17(18)26(30)31/h1-11,24H. The van der Waals surface area contributed by atoms with Gasteiger partial charge in [-0.25, -0.2) is 4.79 Å². The van der Waals surface area contributed by atoms with Crippen LogP contribution in [0.4, 0.5) is 35.9 Å². The van der Waals surface area contributed by atoms with Gasteiger partial charge in [0.25, 0.3) is 5.69 Å². The number of anilines is 2. The van der Waals surface area contributed by atoms with Gasteiger partial charge in [0.15, 0.2) is 0 Å². The zero-order valence-electron chi connectivity index (χ0n) is 15.8. The first-order valence-electron chi connectivity index (χ1n) is 8.74. The van der Waals surface area contributed by atoms with Gasteiger partial charge in [-0.3, -0.25) is 20.2 Å². The summed E-state index contributed by atoms with van der Waals surface area (Å²) in [5, 5.41) is 24.7. The average Bonchev–Trinajstić information content (AvgIpc) is 2.73. The molecule has 3 rings (SSSR count). The largest absolute Gasteiger partial charge is 0.416 e. The van der Waals surface area contributed by atoms with E-state index >= 15 is 0 Å². The number of carbonyl (C=O) groups is 1. The van der Waals surface area contributed by atoms with Crippen molar-refractivity contribution < 1.29 is 32.5 Å². The summed E-state index contributed by atoms with van der Waals surface area (Å²) >= 11 is 0. The molecule has 9 nitrogen and oxygen atoms in total. The van der Waals surface area contributed by atoms with E-state index in [9.17, 15) is 38.2 Å². The number of ether oxygens (including phenoxy) is 1. The number of halogens is 3. The minimum absolute atomic E-state index is 0.0430. The Morgan fingerprint density at radius 3 is 2.28 bits per heavy atom. The maximum Gasteiger partial charge on any atom is 0.416 e. The van der Waals surface area contributed by atoms with Crippen molar-refractivity contribution in [2.24, 2.45) is 0 Å². The summed E-state index contributed by atoms with van der Waals surface area (Å²) < 4.78 is 43.9. The van der Waals surface area contributed by atoms with E-state index in [0.717, 1.165) is 24.3 Å². The highest BCUT2D eigenvalue weighted by molar-refractivity contribution is 5.98. The van der Waals surface area contributed by atoms with Crippen LogP contribution in [0.3, 0.4) is 0 Å². The van der Waals surface area contributed by atoms with Crippen LogP contribution in [0.15, 0.2) is 66.7 Å². The summed E-state index contributed by atoms with van der Waals surface area (Å²) in [6.07, 6.45) is -4.56. The first-order chi connectivity index (χ1) is 15.1. The Morgan fingerprint density at radius 2 is 1.62 bits per heavy atom. The number of nitrogens with zero attached hydrogens (tertiary/aromatic N) is 2. The lowest BCUT2D eigenvalue weighted by Crippen LogP contribution is -2.12. The number of benzene rings is 3. The van der Waals surface area contributed by atoms with Gasteiger partial charge in [0.2, 0.25) is 5.75 Å². The van der Waals surface area contributed by atoms with Crippen LogP contribution >= 0.6 is 0 Å². The normalized spacial score (nSPS) is 11.0. The second-order valence-corrected chi connectivity index (χ2v) is 6.30. The topological polar surface area (TPSA) is 125 Å². The highest BCUT2D eigenvalue weighted by Crippen LogP contribution is 2.34. The van der Waals surface area contributed by atoms with Crippen LogP contribution in [0.5, 0.6) is 5.75 Å². The summed E-state index contributed by atoms with van der Waals surface area (Å²) in [5.74, 6) is -1.59. The van der Waals surface area contributed by atoms with Gasteiger partial charge >= 0.3 is 17.8 Å². The Balaban J connectivity index is 1.90. The lowest BCUT2D eigenvalue weighted by molar-refractivity contribution is -0.394. The molecule has 0 aliphatic rings. The van der Waals surface area contributed by atoms with E-state index in [0.29, 0.717) is 6.07 Å². The van der Waals surface area contributed by atoms with E-state index in [1.54, 1.807) is 0 Å². The van der Waals surface area contributed by atoms with Gasteiger partial charge in [-0.05, 0) is 36.4 Å². The molecule has 0 saturated heterocycles.